The second kappa shape index (κ2) is 8.08. The van der Waals surface area contributed by atoms with Gasteiger partial charge in [-0.3, -0.25) is 14.2 Å². The topological polar surface area (TPSA) is 100 Å². The van der Waals surface area contributed by atoms with Gasteiger partial charge < -0.3 is 14.8 Å². The first-order valence-electron chi connectivity index (χ1n) is 9.10. The van der Waals surface area contributed by atoms with Gasteiger partial charge in [-0.15, -0.1) is 0 Å². The van der Waals surface area contributed by atoms with E-state index in [0.717, 1.165) is 5.69 Å². The Morgan fingerprint density at radius 2 is 1.63 bits per heavy atom. The van der Waals surface area contributed by atoms with Crippen molar-refractivity contribution in [1.82, 2.24) is 19.3 Å². The molecule has 9 heteroatoms. The quantitative estimate of drug-likeness (QED) is 0.528. The fourth-order valence-electron chi connectivity index (χ4n) is 3.00. The van der Waals surface area contributed by atoms with E-state index in [1.54, 1.807) is 55.3 Å². The van der Waals surface area contributed by atoms with Crippen LogP contribution in [0.3, 0.4) is 0 Å². The van der Waals surface area contributed by atoms with Crippen molar-refractivity contribution in [2.45, 2.75) is 6.54 Å². The van der Waals surface area contributed by atoms with E-state index in [0.29, 0.717) is 28.2 Å². The Bertz CT molecular complexity index is 1240. The Labute approximate surface area is 171 Å². The minimum atomic E-state index is -0.343. The molecule has 4 rings (SSSR count). The lowest BCUT2D eigenvalue weighted by molar-refractivity contribution is -0.116. The van der Waals surface area contributed by atoms with Crippen LogP contribution in [0.4, 0.5) is 5.69 Å². The number of methoxy groups -OCH3 is 2. The highest BCUT2D eigenvalue weighted by Gasteiger charge is 2.13. The maximum absolute atomic E-state index is 12.8. The molecule has 30 heavy (non-hydrogen) atoms. The minimum absolute atomic E-state index is 0.165. The van der Waals surface area contributed by atoms with Gasteiger partial charge in [0.15, 0.2) is 5.65 Å². The van der Waals surface area contributed by atoms with Crippen LogP contribution >= 0.6 is 0 Å². The van der Waals surface area contributed by atoms with Crippen LogP contribution in [0.15, 0.2) is 65.8 Å². The first-order valence-corrected chi connectivity index (χ1v) is 9.10. The van der Waals surface area contributed by atoms with Crippen molar-refractivity contribution >= 4 is 22.6 Å². The first-order chi connectivity index (χ1) is 14.6. The molecule has 0 saturated heterocycles. The molecule has 9 nitrogen and oxygen atoms in total. The highest BCUT2D eigenvalue weighted by molar-refractivity contribution is 5.90. The van der Waals surface area contributed by atoms with Gasteiger partial charge in [0, 0.05) is 5.69 Å². The lowest BCUT2D eigenvalue weighted by atomic mass is 10.3. The predicted molar refractivity (Wildman–Crippen MR) is 111 cm³/mol. The van der Waals surface area contributed by atoms with E-state index >= 15 is 0 Å². The Hall–Kier alpha value is -4.14. The summed E-state index contributed by atoms with van der Waals surface area (Å²) >= 11 is 0. The van der Waals surface area contributed by atoms with Crippen molar-refractivity contribution in [1.29, 1.82) is 0 Å². The van der Waals surface area contributed by atoms with E-state index < -0.39 is 0 Å². The van der Waals surface area contributed by atoms with Gasteiger partial charge in [0.25, 0.3) is 5.56 Å². The molecule has 152 valence electrons. The van der Waals surface area contributed by atoms with E-state index in [2.05, 4.69) is 15.4 Å². The molecule has 2 aromatic heterocycles. The molecule has 0 aliphatic carbocycles. The molecule has 1 amide bonds. The molecule has 0 spiro atoms. The van der Waals surface area contributed by atoms with Gasteiger partial charge in [-0.2, -0.15) is 5.10 Å². The monoisotopic (exact) mass is 405 g/mol. The van der Waals surface area contributed by atoms with Crippen LogP contribution in [-0.4, -0.2) is 39.5 Å². The standard InChI is InChI=1S/C21H19N5O4/c1-29-16-7-3-14(4-8-16)24-19(27)12-25-13-22-20-18(21(25)28)11-23-26(20)15-5-9-17(30-2)10-6-15/h3-11,13H,12H2,1-2H3,(H,24,27). The summed E-state index contributed by atoms with van der Waals surface area (Å²) < 4.78 is 13.1. The Balaban J connectivity index is 1.56. The molecule has 0 fully saturated rings. The lowest BCUT2D eigenvalue weighted by Crippen LogP contribution is -2.27. The fourth-order valence-corrected chi connectivity index (χ4v) is 3.00. The predicted octanol–water partition coefficient (Wildman–Crippen LogP) is 2.24. The molecular formula is C21H19N5O4. The summed E-state index contributed by atoms with van der Waals surface area (Å²) in [4.78, 5) is 29.5. The highest BCUT2D eigenvalue weighted by atomic mass is 16.5. The normalized spacial score (nSPS) is 10.7. The SMILES string of the molecule is COc1ccc(NC(=O)Cn2cnc3c(cnn3-c3ccc(OC)cc3)c2=O)cc1. The molecule has 4 aromatic rings. The Kier molecular flexibility index (Phi) is 5.17. The van der Waals surface area contributed by atoms with E-state index in [-0.39, 0.29) is 18.0 Å². The number of aromatic nitrogens is 4. The lowest BCUT2D eigenvalue weighted by Gasteiger charge is -2.08. The van der Waals surface area contributed by atoms with Gasteiger partial charge in [0.2, 0.25) is 5.91 Å². The third-order valence-electron chi connectivity index (χ3n) is 4.56. The van der Waals surface area contributed by atoms with Crippen LogP contribution < -0.4 is 20.3 Å². The van der Waals surface area contributed by atoms with Crippen LogP contribution in [0, 0.1) is 0 Å². The van der Waals surface area contributed by atoms with Gasteiger partial charge >= 0.3 is 0 Å². The maximum Gasteiger partial charge on any atom is 0.264 e. The van der Waals surface area contributed by atoms with Gasteiger partial charge in [-0.25, -0.2) is 9.67 Å². The summed E-state index contributed by atoms with van der Waals surface area (Å²) in [7, 11) is 3.16. The second-order valence-corrected chi connectivity index (χ2v) is 6.45. The molecule has 0 radical (unpaired) electrons. The zero-order valence-electron chi connectivity index (χ0n) is 16.4. The maximum atomic E-state index is 12.8. The number of anilines is 1. The average molecular weight is 405 g/mol. The molecule has 0 unspecified atom stereocenters. The molecule has 2 aromatic carbocycles. The van der Waals surface area contributed by atoms with E-state index in [1.165, 1.54) is 17.1 Å². The summed E-state index contributed by atoms with van der Waals surface area (Å²) in [5, 5.41) is 7.34. The van der Waals surface area contributed by atoms with Crippen molar-refractivity contribution in [3.8, 4) is 17.2 Å². The number of hydrogen-bond acceptors (Lipinski definition) is 6. The van der Waals surface area contributed by atoms with Crippen molar-refractivity contribution in [3.63, 3.8) is 0 Å². The number of carbonyl (C=O) groups excluding carboxylic acids is 1. The molecule has 0 bridgehead atoms. The molecule has 2 heterocycles. The molecule has 0 aliphatic rings. The number of amides is 1. The van der Waals surface area contributed by atoms with Crippen LogP contribution in [0.2, 0.25) is 0 Å². The van der Waals surface area contributed by atoms with Gasteiger partial charge in [-0.05, 0) is 48.5 Å². The summed E-state index contributed by atoms with van der Waals surface area (Å²) in [5.74, 6) is 1.06. The third kappa shape index (κ3) is 3.72. The highest BCUT2D eigenvalue weighted by Crippen LogP contribution is 2.18. The zero-order valence-corrected chi connectivity index (χ0v) is 16.4. The van der Waals surface area contributed by atoms with Crippen molar-refractivity contribution < 1.29 is 14.3 Å². The second-order valence-electron chi connectivity index (χ2n) is 6.45. The number of rotatable bonds is 6. The number of fused-ring (bicyclic) bond motifs is 1. The van der Waals surface area contributed by atoms with Crippen molar-refractivity contribution in [3.05, 3.63) is 71.4 Å². The fraction of sp³-hybridized carbons (Fsp3) is 0.143. The largest absolute Gasteiger partial charge is 0.497 e. The van der Waals surface area contributed by atoms with Gasteiger partial charge in [0.05, 0.1) is 26.1 Å². The summed E-state index contributed by atoms with van der Waals surface area (Å²) in [6.07, 6.45) is 2.80. The molecule has 0 atom stereocenters. The number of nitrogens with zero attached hydrogens (tertiary/aromatic N) is 4. The van der Waals surface area contributed by atoms with E-state index in [1.807, 2.05) is 12.1 Å². The summed E-state index contributed by atoms with van der Waals surface area (Å²) in [5.41, 5.74) is 1.42. The van der Waals surface area contributed by atoms with Crippen LogP contribution in [-0.2, 0) is 11.3 Å². The van der Waals surface area contributed by atoms with Crippen molar-refractivity contribution in [2.75, 3.05) is 19.5 Å². The van der Waals surface area contributed by atoms with Crippen LogP contribution in [0.1, 0.15) is 0 Å². The Morgan fingerprint density at radius 1 is 1.00 bits per heavy atom. The number of ether oxygens (including phenoxy) is 2. The number of benzene rings is 2. The number of nitrogens with one attached hydrogen (secondary N) is 1. The molecule has 0 saturated carbocycles. The Morgan fingerprint density at radius 3 is 2.27 bits per heavy atom. The summed E-state index contributed by atoms with van der Waals surface area (Å²) in [6, 6.07) is 14.2. The van der Waals surface area contributed by atoms with Crippen molar-refractivity contribution in [2.24, 2.45) is 0 Å². The van der Waals surface area contributed by atoms with Gasteiger partial charge in [-0.1, -0.05) is 0 Å². The van der Waals surface area contributed by atoms with E-state index in [9.17, 15) is 9.59 Å². The minimum Gasteiger partial charge on any atom is -0.497 e. The zero-order chi connectivity index (χ0) is 21.1. The van der Waals surface area contributed by atoms with E-state index in [4.69, 9.17) is 9.47 Å². The smallest absolute Gasteiger partial charge is 0.264 e. The van der Waals surface area contributed by atoms with Gasteiger partial charge in [0.1, 0.15) is 29.8 Å². The molecule has 1 N–H and O–H groups in total. The first kappa shape index (κ1) is 19.2. The third-order valence-corrected chi connectivity index (χ3v) is 4.56. The summed E-state index contributed by atoms with van der Waals surface area (Å²) in [6.45, 7) is -0.165. The number of carbonyl (C=O) groups is 1. The van der Waals surface area contributed by atoms with Crippen LogP contribution in [0.5, 0.6) is 11.5 Å². The number of hydrogen-bond donors (Lipinski definition) is 1. The molecular weight excluding hydrogens is 386 g/mol. The van der Waals surface area contributed by atoms with Crippen LogP contribution in [0.25, 0.3) is 16.7 Å². The average Bonchev–Trinajstić information content (AvgIpc) is 3.21. The molecule has 0 aliphatic heterocycles.